The SMILES string of the molecule is CCCCC#Cc1cccc[n+]1CCC#CCC[n+]1ccccc1C#CCCCC. The third kappa shape index (κ3) is 8.99. The topological polar surface area (TPSA) is 7.76 Å². The smallest absolute Gasteiger partial charge is 0.190 e. The van der Waals surface area contributed by atoms with Crippen LogP contribution in [0.3, 0.4) is 0 Å². The molecule has 0 aromatic carbocycles. The average Bonchev–Trinajstić information content (AvgIpc) is 2.78. The first-order chi connectivity index (χ1) is 14.8. The average molecular weight is 399 g/mol. The van der Waals surface area contributed by atoms with Gasteiger partial charge in [0.15, 0.2) is 25.5 Å². The lowest BCUT2D eigenvalue weighted by Gasteiger charge is -1.96. The van der Waals surface area contributed by atoms with Gasteiger partial charge in [-0.2, -0.15) is 9.13 Å². The second kappa shape index (κ2) is 14.9. The molecule has 2 heterocycles. The van der Waals surface area contributed by atoms with E-state index in [0.29, 0.717) is 0 Å². The van der Waals surface area contributed by atoms with Gasteiger partial charge in [0, 0.05) is 48.9 Å². The number of rotatable bonds is 8. The molecule has 2 nitrogen and oxygen atoms in total. The molecule has 0 saturated heterocycles. The van der Waals surface area contributed by atoms with Crippen molar-refractivity contribution in [2.45, 2.75) is 78.3 Å². The van der Waals surface area contributed by atoms with Crippen LogP contribution in [0.4, 0.5) is 0 Å². The molecule has 0 bridgehead atoms. The fourth-order valence-electron chi connectivity index (χ4n) is 2.94. The molecule has 0 aliphatic heterocycles. The lowest BCUT2D eigenvalue weighted by Crippen LogP contribution is -2.37. The molecule has 0 unspecified atom stereocenters. The van der Waals surface area contributed by atoms with E-state index in [1.54, 1.807) is 0 Å². The quantitative estimate of drug-likeness (QED) is 0.342. The first-order valence-corrected chi connectivity index (χ1v) is 11.3. The summed E-state index contributed by atoms with van der Waals surface area (Å²) in [6, 6.07) is 12.4. The van der Waals surface area contributed by atoms with Crippen molar-refractivity contribution >= 4 is 0 Å². The molecule has 0 aliphatic rings. The number of hydrogen-bond acceptors (Lipinski definition) is 0. The van der Waals surface area contributed by atoms with Gasteiger partial charge in [0.1, 0.15) is 0 Å². The fraction of sp³-hybridized carbons (Fsp3) is 0.429. The molecule has 0 aliphatic carbocycles. The van der Waals surface area contributed by atoms with Crippen molar-refractivity contribution in [2.75, 3.05) is 0 Å². The molecule has 0 N–H and O–H groups in total. The molecule has 0 saturated carbocycles. The lowest BCUT2D eigenvalue weighted by molar-refractivity contribution is -0.698. The number of pyridine rings is 2. The van der Waals surface area contributed by atoms with E-state index in [4.69, 9.17) is 0 Å². The number of aromatic nitrogens is 2. The molecular formula is C28H34N2+2. The van der Waals surface area contributed by atoms with E-state index < -0.39 is 0 Å². The Morgan fingerprint density at radius 3 is 1.50 bits per heavy atom. The maximum Gasteiger partial charge on any atom is 0.256 e. The molecule has 0 radical (unpaired) electrons. The van der Waals surface area contributed by atoms with Crippen LogP contribution in [0.25, 0.3) is 0 Å². The van der Waals surface area contributed by atoms with Crippen LogP contribution in [0, 0.1) is 35.5 Å². The predicted molar refractivity (Wildman–Crippen MR) is 123 cm³/mol. The largest absolute Gasteiger partial charge is 0.256 e. The van der Waals surface area contributed by atoms with Crippen molar-refractivity contribution in [3.8, 4) is 35.5 Å². The molecule has 0 fully saturated rings. The van der Waals surface area contributed by atoms with Crippen molar-refractivity contribution in [3.63, 3.8) is 0 Å². The lowest BCUT2D eigenvalue weighted by atomic mass is 10.2. The highest BCUT2D eigenvalue weighted by Crippen LogP contribution is 1.95. The van der Waals surface area contributed by atoms with Crippen molar-refractivity contribution < 1.29 is 9.13 Å². The van der Waals surface area contributed by atoms with E-state index in [-0.39, 0.29) is 0 Å². The summed E-state index contributed by atoms with van der Waals surface area (Å²) in [7, 11) is 0. The standard InChI is InChI=1S/C28H34N2/c1-3-5-7-11-19-27-21-13-17-25-29(27)23-15-9-10-16-24-30-26-18-14-22-28(30)20-12-8-6-4-2/h13-14,17-18,21-22,25-26H,3-8,15-16,23-24H2,1-2H3/q+2. The predicted octanol–water partition coefficient (Wildman–Crippen LogP) is 4.83. The van der Waals surface area contributed by atoms with Gasteiger partial charge in [-0.15, -0.1) is 0 Å². The maximum absolute atomic E-state index is 3.32. The second-order valence-electron chi connectivity index (χ2n) is 7.22. The Labute approximate surface area is 183 Å². The zero-order valence-corrected chi connectivity index (χ0v) is 18.6. The first kappa shape index (κ1) is 23.3. The summed E-state index contributed by atoms with van der Waals surface area (Å²) in [4.78, 5) is 0. The minimum absolute atomic E-state index is 0.835. The van der Waals surface area contributed by atoms with Gasteiger partial charge in [-0.25, -0.2) is 0 Å². The number of nitrogens with zero attached hydrogens (tertiary/aromatic N) is 2. The van der Waals surface area contributed by atoms with Gasteiger partial charge >= 0.3 is 0 Å². The van der Waals surface area contributed by atoms with Crippen molar-refractivity contribution in [1.82, 2.24) is 0 Å². The van der Waals surface area contributed by atoms with E-state index in [2.05, 4.69) is 95.2 Å². The summed E-state index contributed by atoms with van der Waals surface area (Å²) in [5.74, 6) is 19.8. The molecule has 2 aromatic rings. The van der Waals surface area contributed by atoms with Gasteiger partial charge in [-0.05, 0) is 25.0 Å². The van der Waals surface area contributed by atoms with Crippen LogP contribution in [0.1, 0.15) is 76.6 Å². The van der Waals surface area contributed by atoms with Gasteiger partial charge in [-0.1, -0.05) is 50.4 Å². The molecule has 0 atom stereocenters. The summed E-state index contributed by atoms with van der Waals surface area (Å²) in [6.07, 6.45) is 12.5. The number of unbranched alkanes of at least 4 members (excludes halogenated alkanes) is 4. The van der Waals surface area contributed by atoms with E-state index in [1.807, 2.05) is 12.1 Å². The molecule has 2 rings (SSSR count). The van der Waals surface area contributed by atoms with Crippen LogP contribution in [0.5, 0.6) is 0 Å². The molecular weight excluding hydrogens is 364 g/mol. The van der Waals surface area contributed by atoms with Gasteiger partial charge in [0.25, 0.3) is 11.4 Å². The summed E-state index contributed by atoms with van der Waals surface area (Å²) in [6.45, 7) is 6.14. The van der Waals surface area contributed by atoms with E-state index in [0.717, 1.165) is 63.0 Å². The van der Waals surface area contributed by atoms with Crippen LogP contribution in [-0.2, 0) is 13.1 Å². The highest BCUT2D eigenvalue weighted by molar-refractivity contribution is 5.23. The van der Waals surface area contributed by atoms with Gasteiger partial charge in [0.2, 0.25) is 0 Å². The van der Waals surface area contributed by atoms with Crippen LogP contribution < -0.4 is 9.13 Å². The Kier molecular flexibility index (Phi) is 11.6. The van der Waals surface area contributed by atoms with Crippen LogP contribution in [0.15, 0.2) is 48.8 Å². The summed E-state index contributed by atoms with van der Waals surface area (Å²) < 4.78 is 4.40. The van der Waals surface area contributed by atoms with Crippen molar-refractivity contribution in [2.24, 2.45) is 0 Å². The zero-order chi connectivity index (χ0) is 21.3. The number of hydrogen-bond donors (Lipinski definition) is 0. The minimum atomic E-state index is 0.835. The first-order valence-electron chi connectivity index (χ1n) is 11.3. The molecule has 0 amide bonds. The Balaban J connectivity index is 1.84. The van der Waals surface area contributed by atoms with E-state index in [9.17, 15) is 0 Å². The minimum Gasteiger partial charge on any atom is -0.190 e. The monoisotopic (exact) mass is 398 g/mol. The van der Waals surface area contributed by atoms with E-state index >= 15 is 0 Å². The molecule has 2 aromatic heterocycles. The Bertz CT molecular complexity index is 877. The molecule has 154 valence electrons. The Morgan fingerprint density at radius 2 is 1.07 bits per heavy atom. The van der Waals surface area contributed by atoms with Crippen LogP contribution in [0.2, 0.25) is 0 Å². The van der Waals surface area contributed by atoms with Crippen LogP contribution in [-0.4, -0.2) is 0 Å². The van der Waals surface area contributed by atoms with Crippen molar-refractivity contribution in [1.29, 1.82) is 0 Å². The van der Waals surface area contributed by atoms with Crippen molar-refractivity contribution in [3.05, 3.63) is 60.2 Å². The summed E-state index contributed by atoms with van der Waals surface area (Å²) in [5, 5.41) is 0. The summed E-state index contributed by atoms with van der Waals surface area (Å²) >= 11 is 0. The van der Waals surface area contributed by atoms with E-state index in [1.165, 1.54) is 12.8 Å². The molecule has 0 spiro atoms. The normalized spacial score (nSPS) is 9.53. The van der Waals surface area contributed by atoms with Gasteiger partial charge in [-0.3, -0.25) is 0 Å². The summed E-state index contributed by atoms with van der Waals surface area (Å²) in [5.41, 5.74) is 2.14. The highest BCUT2D eigenvalue weighted by Gasteiger charge is 2.06. The fourth-order valence-corrected chi connectivity index (χ4v) is 2.94. The highest BCUT2D eigenvalue weighted by atomic mass is 14.9. The van der Waals surface area contributed by atoms with Gasteiger partial charge < -0.3 is 0 Å². The number of aryl methyl sites for hydroxylation is 2. The van der Waals surface area contributed by atoms with Gasteiger partial charge in [0.05, 0.1) is 12.8 Å². The third-order valence-electron chi connectivity index (χ3n) is 4.71. The Hall–Kier alpha value is -3.02. The third-order valence-corrected chi connectivity index (χ3v) is 4.71. The second-order valence-corrected chi connectivity index (χ2v) is 7.22. The molecule has 30 heavy (non-hydrogen) atoms. The Morgan fingerprint density at radius 1 is 0.600 bits per heavy atom. The maximum atomic E-state index is 3.32. The zero-order valence-electron chi connectivity index (χ0n) is 18.6. The van der Waals surface area contributed by atoms with Crippen LogP contribution >= 0.6 is 0 Å². The molecule has 2 heteroatoms.